The van der Waals surface area contributed by atoms with Gasteiger partial charge in [0.15, 0.2) is 0 Å². The standard InChI is InChI=1S/C25H31N7O6/c1-15-21(32(29-28-15)12-18-8-5-4-6-9-18)23(36)31-11-7-10-25(31)14-30(24(25)37)13-19(34)27-20(22(26)35)16(2)38-17(3)33/h4-6,8-9,16,20H,7,10-14H2,1-3H3,(H2,26,35)(H,27,34). The molecule has 2 aliphatic heterocycles. The van der Waals surface area contributed by atoms with Crippen molar-refractivity contribution in [3.63, 3.8) is 0 Å². The predicted molar refractivity (Wildman–Crippen MR) is 132 cm³/mol. The molecule has 1 spiro atoms. The Balaban J connectivity index is 1.44. The Morgan fingerprint density at radius 1 is 1.21 bits per heavy atom. The zero-order chi connectivity index (χ0) is 27.6. The molecular weight excluding hydrogens is 494 g/mol. The lowest BCUT2D eigenvalue weighted by Gasteiger charge is -2.50. The summed E-state index contributed by atoms with van der Waals surface area (Å²) in [5.74, 6) is -2.81. The number of rotatable bonds is 9. The number of carbonyl (C=O) groups excluding carboxylic acids is 5. The maximum absolute atomic E-state index is 13.7. The lowest BCUT2D eigenvalue weighted by atomic mass is 9.85. The third-order valence-electron chi connectivity index (χ3n) is 6.93. The van der Waals surface area contributed by atoms with E-state index in [2.05, 4.69) is 15.6 Å². The van der Waals surface area contributed by atoms with Crippen molar-refractivity contribution in [3.05, 3.63) is 47.3 Å². The van der Waals surface area contributed by atoms with E-state index in [1.807, 2.05) is 30.3 Å². The lowest BCUT2D eigenvalue weighted by molar-refractivity contribution is -0.161. The topological polar surface area (TPSA) is 170 Å². The van der Waals surface area contributed by atoms with Crippen LogP contribution in [-0.4, -0.2) is 91.7 Å². The van der Waals surface area contributed by atoms with Crippen molar-refractivity contribution in [2.45, 2.75) is 57.8 Å². The average Bonchev–Trinajstić information content (AvgIpc) is 3.47. The summed E-state index contributed by atoms with van der Waals surface area (Å²) in [6, 6.07) is 8.31. The molecule has 202 valence electrons. The third-order valence-corrected chi connectivity index (χ3v) is 6.93. The van der Waals surface area contributed by atoms with Crippen LogP contribution in [0.2, 0.25) is 0 Å². The van der Waals surface area contributed by atoms with E-state index in [0.717, 1.165) is 5.56 Å². The molecule has 2 aliphatic rings. The van der Waals surface area contributed by atoms with Gasteiger partial charge >= 0.3 is 5.97 Å². The molecule has 3 heterocycles. The number of aryl methyl sites for hydroxylation is 1. The van der Waals surface area contributed by atoms with Crippen LogP contribution in [0.15, 0.2) is 30.3 Å². The second-order valence-corrected chi connectivity index (χ2v) is 9.68. The van der Waals surface area contributed by atoms with Crippen LogP contribution < -0.4 is 11.1 Å². The fourth-order valence-electron chi connectivity index (χ4n) is 5.15. The van der Waals surface area contributed by atoms with Gasteiger partial charge in [-0.05, 0) is 32.3 Å². The largest absolute Gasteiger partial charge is 0.460 e. The fourth-order valence-corrected chi connectivity index (χ4v) is 5.15. The number of β-lactam (4-membered cyclic amide) rings is 1. The SMILES string of the molecule is CC(=O)OC(C)C(NC(=O)CN1CC2(CCCN2C(=O)c2c(C)nnn2Cc2ccccc2)C1=O)C(N)=O. The van der Waals surface area contributed by atoms with Crippen LogP contribution in [0.25, 0.3) is 0 Å². The number of esters is 1. The highest BCUT2D eigenvalue weighted by Gasteiger charge is 2.60. The number of carbonyl (C=O) groups is 5. The van der Waals surface area contributed by atoms with E-state index in [0.29, 0.717) is 37.3 Å². The van der Waals surface area contributed by atoms with Crippen molar-refractivity contribution in [2.75, 3.05) is 19.6 Å². The summed E-state index contributed by atoms with van der Waals surface area (Å²) < 4.78 is 6.50. The fraction of sp³-hybridized carbons (Fsp3) is 0.480. The van der Waals surface area contributed by atoms with E-state index in [1.165, 1.54) is 18.7 Å². The molecule has 2 fully saturated rings. The predicted octanol–water partition coefficient (Wildman–Crippen LogP) is -0.626. The van der Waals surface area contributed by atoms with Gasteiger partial charge in [-0.25, -0.2) is 4.68 Å². The minimum absolute atomic E-state index is 0.172. The van der Waals surface area contributed by atoms with Gasteiger partial charge in [-0.2, -0.15) is 0 Å². The first-order chi connectivity index (χ1) is 18.0. The summed E-state index contributed by atoms with van der Waals surface area (Å²) in [6.07, 6.45) is 0.135. The van der Waals surface area contributed by atoms with Gasteiger partial charge in [0.2, 0.25) is 11.8 Å². The van der Waals surface area contributed by atoms with E-state index in [1.54, 1.807) is 16.5 Å². The smallest absolute Gasteiger partial charge is 0.302 e. The number of hydrogen-bond acceptors (Lipinski definition) is 8. The molecule has 1 aromatic heterocycles. The molecule has 3 atom stereocenters. The molecule has 1 aromatic carbocycles. The number of nitrogens with one attached hydrogen (secondary N) is 1. The average molecular weight is 526 g/mol. The van der Waals surface area contributed by atoms with Crippen LogP contribution in [0.4, 0.5) is 0 Å². The van der Waals surface area contributed by atoms with Crippen LogP contribution in [0.5, 0.6) is 0 Å². The number of benzene rings is 1. The van der Waals surface area contributed by atoms with Crippen molar-refractivity contribution in [1.29, 1.82) is 0 Å². The Labute approximate surface area is 219 Å². The molecule has 0 aliphatic carbocycles. The quantitative estimate of drug-likeness (QED) is 0.322. The van der Waals surface area contributed by atoms with Crippen LogP contribution in [0.1, 0.15) is 48.4 Å². The molecule has 3 unspecified atom stereocenters. The minimum atomic E-state index is -1.25. The Bertz CT molecular complexity index is 1260. The van der Waals surface area contributed by atoms with Crippen molar-refractivity contribution in [3.8, 4) is 0 Å². The first-order valence-electron chi connectivity index (χ1n) is 12.3. The molecular formula is C25H31N7O6. The summed E-state index contributed by atoms with van der Waals surface area (Å²) in [6.45, 7) is 4.91. The maximum atomic E-state index is 13.7. The van der Waals surface area contributed by atoms with Crippen LogP contribution in [-0.2, 0) is 30.5 Å². The van der Waals surface area contributed by atoms with Crippen molar-refractivity contribution in [1.82, 2.24) is 30.1 Å². The Morgan fingerprint density at radius 2 is 1.92 bits per heavy atom. The number of nitrogens with two attached hydrogens (primary N) is 1. The monoisotopic (exact) mass is 525 g/mol. The van der Waals surface area contributed by atoms with E-state index >= 15 is 0 Å². The number of primary amides is 1. The third kappa shape index (κ3) is 5.08. The van der Waals surface area contributed by atoms with Gasteiger partial charge in [-0.1, -0.05) is 35.5 Å². The molecule has 2 aromatic rings. The van der Waals surface area contributed by atoms with Gasteiger partial charge in [0, 0.05) is 13.5 Å². The molecule has 4 amide bonds. The van der Waals surface area contributed by atoms with Crippen molar-refractivity contribution in [2.24, 2.45) is 5.73 Å². The number of aromatic nitrogens is 3. The Kier molecular flexibility index (Phi) is 7.46. The number of amides is 4. The van der Waals surface area contributed by atoms with Gasteiger partial charge in [0.25, 0.3) is 11.8 Å². The zero-order valence-corrected chi connectivity index (χ0v) is 21.5. The highest BCUT2D eigenvalue weighted by molar-refractivity contribution is 6.03. The lowest BCUT2D eigenvalue weighted by Crippen LogP contribution is -2.74. The summed E-state index contributed by atoms with van der Waals surface area (Å²) >= 11 is 0. The molecule has 13 nitrogen and oxygen atoms in total. The van der Waals surface area contributed by atoms with Gasteiger partial charge in [0.1, 0.15) is 23.4 Å². The molecule has 2 saturated heterocycles. The number of hydrogen-bond donors (Lipinski definition) is 2. The van der Waals surface area contributed by atoms with Crippen LogP contribution in [0, 0.1) is 6.92 Å². The van der Waals surface area contributed by atoms with Gasteiger partial charge in [-0.15, -0.1) is 5.10 Å². The molecule has 3 N–H and O–H groups in total. The summed E-state index contributed by atoms with van der Waals surface area (Å²) in [5.41, 5.74) is 6.05. The molecule has 38 heavy (non-hydrogen) atoms. The van der Waals surface area contributed by atoms with Crippen molar-refractivity contribution >= 4 is 29.6 Å². The molecule has 13 heteroatoms. The van der Waals surface area contributed by atoms with E-state index in [-0.39, 0.29) is 24.9 Å². The zero-order valence-electron chi connectivity index (χ0n) is 21.5. The highest BCUT2D eigenvalue weighted by atomic mass is 16.5. The van der Waals surface area contributed by atoms with Gasteiger partial charge in [-0.3, -0.25) is 24.0 Å². The first-order valence-corrected chi connectivity index (χ1v) is 12.3. The van der Waals surface area contributed by atoms with Gasteiger partial charge < -0.3 is 25.6 Å². The number of likely N-dealkylation sites (tertiary alicyclic amines) is 2. The van der Waals surface area contributed by atoms with E-state index in [9.17, 15) is 24.0 Å². The second kappa shape index (κ2) is 10.6. The maximum Gasteiger partial charge on any atom is 0.302 e. The summed E-state index contributed by atoms with van der Waals surface area (Å²) in [5, 5.41) is 10.7. The summed E-state index contributed by atoms with van der Waals surface area (Å²) in [7, 11) is 0. The van der Waals surface area contributed by atoms with Crippen LogP contribution >= 0.6 is 0 Å². The van der Waals surface area contributed by atoms with E-state index in [4.69, 9.17) is 10.5 Å². The highest BCUT2D eigenvalue weighted by Crippen LogP contribution is 2.39. The minimum Gasteiger partial charge on any atom is -0.460 e. The first kappa shape index (κ1) is 26.8. The molecule has 4 rings (SSSR count). The Morgan fingerprint density at radius 3 is 2.55 bits per heavy atom. The molecule has 0 bridgehead atoms. The molecule has 0 saturated carbocycles. The van der Waals surface area contributed by atoms with Gasteiger partial charge in [0.05, 0.1) is 25.3 Å². The summed E-state index contributed by atoms with van der Waals surface area (Å²) in [4.78, 5) is 65.5. The Hall–Kier alpha value is -4.29. The van der Waals surface area contributed by atoms with E-state index < -0.39 is 35.5 Å². The number of ether oxygens (including phenoxy) is 1. The van der Waals surface area contributed by atoms with Crippen LogP contribution in [0.3, 0.4) is 0 Å². The second-order valence-electron chi connectivity index (χ2n) is 9.68. The van der Waals surface area contributed by atoms with Crippen molar-refractivity contribution < 1.29 is 28.7 Å². The molecule has 0 radical (unpaired) electrons. The number of nitrogens with zero attached hydrogens (tertiary/aromatic N) is 5. The normalized spacial score (nSPS) is 20.1.